The summed E-state index contributed by atoms with van der Waals surface area (Å²) in [4.78, 5) is 20.2. The van der Waals surface area contributed by atoms with E-state index >= 15 is 0 Å². The smallest absolute Gasteiger partial charge is 0.264 e. The van der Waals surface area contributed by atoms with Crippen LogP contribution in [0, 0.1) is 0 Å². The molecule has 1 unspecified atom stereocenters. The number of pyridine rings is 1. The summed E-state index contributed by atoms with van der Waals surface area (Å²) in [5, 5.41) is 0. The van der Waals surface area contributed by atoms with Crippen molar-refractivity contribution in [2.45, 2.75) is 36.4 Å². The van der Waals surface area contributed by atoms with Gasteiger partial charge in [-0.15, -0.1) is 23.1 Å². The van der Waals surface area contributed by atoms with Gasteiger partial charge in [-0.1, -0.05) is 13.0 Å². The zero-order valence-corrected chi connectivity index (χ0v) is 14.3. The van der Waals surface area contributed by atoms with Crippen molar-refractivity contribution in [2.24, 2.45) is 0 Å². The standard InChI is InChI=1S/C17H20N2OS2/c1-2-21-16-10-9-15(22-16)17(20)19-12-6-4-8-14(19)13-7-3-5-11-18-13/h3,5,7,9-11,14H,2,4,6,8,12H2,1H3. The van der Waals surface area contributed by atoms with Crippen LogP contribution in [0.1, 0.15) is 47.6 Å². The number of rotatable bonds is 4. The lowest BCUT2D eigenvalue weighted by Gasteiger charge is -2.35. The van der Waals surface area contributed by atoms with Crippen LogP contribution in [0.2, 0.25) is 0 Å². The zero-order chi connectivity index (χ0) is 15.4. The van der Waals surface area contributed by atoms with Gasteiger partial charge in [0.2, 0.25) is 0 Å². The normalized spacial score (nSPS) is 18.4. The van der Waals surface area contributed by atoms with E-state index in [0.29, 0.717) is 0 Å². The summed E-state index contributed by atoms with van der Waals surface area (Å²) < 4.78 is 1.22. The second-order valence-corrected chi connectivity index (χ2v) is 7.96. The van der Waals surface area contributed by atoms with Crippen molar-refractivity contribution in [1.82, 2.24) is 9.88 Å². The van der Waals surface area contributed by atoms with Crippen molar-refractivity contribution in [3.8, 4) is 0 Å². The molecule has 0 N–H and O–H groups in total. The number of aromatic nitrogens is 1. The molecule has 1 fully saturated rings. The van der Waals surface area contributed by atoms with E-state index in [1.807, 2.05) is 35.4 Å². The number of amides is 1. The topological polar surface area (TPSA) is 33.2 Å². The highest BCUT2D eigenvalue weighted by molar-refractivity contribution is 8.01. The van der Waals surface area contributed by atoms with Crippen molar-refractivity contribution in [3.05, 3.63) is 47.1 Å². The Kier molecular flexibility index (Phi) is 5.16. The highest BCUT2D eigenvalue weighted by Crippen LogP contribution is 2.33. The molecule has 0 aromatic carbocycles. The zero-order valence-electron chi connectivity index (χ0n) is 12.7. The average Bonchev–Trinajstić information content (AvgIpc) is 3.04. The Balaban J connectivity index is 1.82. The van der Waals surface area contributed by atoms with E-state index in [1.54, 1.807) is 23.1 Å². The van der Waals surface area contributed by atoms with Gasteiger partial charge >= 0.3 is 0 Å². The molecule has 3 heterocycles. The van der Waals surface area contributed by atoms with Crippen LogP contribution in [0.4, 0.5) is 0 Å². The molecular weight excluding hydrogens is 312 g/mol. The number of thiophene rings is 1. The van der Waals surface area contributed by atoms with Crippen LogP contribution in [-0.4, -0.2) is 28.1 Å². The van der Waals surface area contributed by atoms with E-state index in [1.165, 1.54) is 4.21 Å². The molecule has 1 atom stereocenters. The lowest BCUT2D eigenvalue weighted by molar-refractivity contribution is 0.0611. The lowest BCUT2D eigenvalue weighted by atomic mass is 9.98. The monoisotopic (exact) mass is 332 g/mol. The Bertz CT molecular complexity index is 627. The highest BCUT2D eigenvalue weighted by Gasteiger charge is 2.30. The van der Waals surface area contributed by atoms with Crippen LogP contribution in [0.3, 0.4) is 0 Å². The van der Waals surface area contributed by atoms with Gasteiger partial charge in [0.25, 0.3) is 5.91 Å². The van der Waals surface area contributed by atoms with Gasteiger partial charge in [-0.05, 0) is 49.3 Å². The van der Waals surface area contributed by atoms with Crippen molar-refractivity contribution >= 4 is 29.0 Å². The largest absolute Gasteiger partial charge is 0.329 e. The third-order valence-corrected chi connectivity index (χ3v) is 6.05. The van der Waals surface area contributed by atoms with Crippen molar-refractivity contribution in [1.29, 1.82) is 0 Å². The first-order chi connectivity index (χ1) is 10.8. The van der Waals surface area contributed by atoms with Gasteiger partial charge in [0.05, 0.1) is 20.8 Å². The quantitative estimate of drug-likeness (QED) is 0.766. The summed E-state index contributed by atoms with van der Waals surface area (Å²) >= 11 is 3.40. The van der Waals surface area contributed by atoms with Gasteiger partial charge in [-0.2, -0.15) is 0 Å². The van der Waals surface area contributed by atoms with E-state index in [0.717, 1.165) is 42.1 Å². The molecule has 0 radical (unpaired) electrons. The summed E-state index contributed by atoms with van der Waals surface area (Å²) in [5.41, 5.74) is 1.01. The number of carbonyl (C=O) groups is 1. The molecule has 0 spiro atoms. The minimum absolute atomic E-state index is 0.117. The van der Waals surface area contributed by atoms with Gasteiger partial charge in [-0.25, -0.2) is 0 Å². The molecule has 0 saturated carbocycles. The summed E-state index contributed by atoms with van der Waals surface area (Å²) in [6, 6.07) is 10.1. The van der Waals surface area contributed by atoms with Crippen molar-refractivity contribution < 1.29 is 4.79 Å². The third-order valence-electron chi connectivity index (χ3n) is 3.87. The Labute approximate surface area is 139 Å². The number of carbonyl (C=O) groups excluding carboxylic acids is 1. The minimum Gasteiger partial charge on any atom is -0.329 e. The van der Waals surface area contributed by atoms with E-state index < -0.39 is 0 Å². The molecular formula is C17H20N2OS2. The summed E-state index contributed by atoms with van der Waals surface area (Å²) in [5.74, 6) is 1.19. The van der Waals surface area contributed by atoms with Crippen molar-refractivity contribution in [3.63, 3.8) is 0 Å². The van der Waals surface area contributed by atoms with E-state index in [4.69, 9.17) is 0 Å². The molecule has 116 valence electrons. The molecule has 0 bridgehead atoms. The SMILES string of the molecule is CCSc1ccc(C(=O)N2CCCCC2c2ccccn2)s1. The molecule has 1 aliphatic heterocycles. The maximum absolute atomic E-state index is 12.9. The molecule has 2 aromatic rings. The number of thioether (sulfide) groups is 1. The second-order valence-electron chi connectivity index (χ2n) is 5.32. The number of nitrogens with zero attached hydrogens (tertiary/aromatic N) is 2. The number of piperidine rings is 1. The van der Waals surface area contributed by atoms with Crippen LogP contribution in [-0.2, 0) is 0 Å². The molecule has 5 heteroatoms. The maximum Gasteiger partial charge on any atom is 0.264 e. The van der Waals surface area contributed by atoms with Crippen LogP contribution < -0.4 is 0 Å². The van der Waals surface area contributed by atoms with Crippen LogP contribution in [0.5, 0.6) is 0 Å². The van der Waals surface area contributed by atoms with Crippen LogP contribution >= 0.6 is 23.1 Å². The summed E-state index contributed by atoms with van der Waals surface area (Å²) in [6.07, 6.45) is 5.06. The number of hydrogen-bond acceptors (Lipinski definition) is 4. The number of hydrogen-bond donors (Lipinski definition) is 0. The van der Waals surface area contributed by atoms with E-state index in [9.17, 15) is 4.79 Å². The highest BCUT2D eigenvalue weighted by atomic mass is 32.2. The second kappa shape index (κ2) is 7.29. The van der Waals surface area contributed by atoms with E-state index in [2.05, 4.69) is 18.0 Å². The number of likely N-dealkylation sites (tertiary alicyclic amines) is 1. The predicted molar refractivity (Wildman–Crippen MR) is 92.6 cm³/mol. The van der Waals surface area contributed by atoms with Crippen LogP contribution in [0.15, 0.2) is 40.7 Å². The Morgan fingerprint density at radius 3 is 3.05 bits per heavy atom. The minimum atomic E-state index is 0.117. The van der Waals surface area contributed by atoms with Gasteiger partial charge in [0.1, 0.15) is 0 Å². The molecule has 0 aliphatic carbocycles. The molecule has 2 aromatic heterocycles. The predicted octanol–water partition coefficient (Wildman–Crippen LogP) is 4.62. The van der Waals surface area contributed by atoms with Gasteiger partial charge < -0.3 is 4.90 Å². The molecule has 3 rings (SSSR count). The first-order valence-electron chi connectivity index (χ1n) is 7.74. The molecule has 3 nitrogen and oxygen atoms in total. The molecule has 1 amide bonds. The molecule has 22 heavy (non-hydrogen) atoms. The summed E-state index contributed by atoms with van der Waals surface area (Å²) in [6.45, 7) is 2.96. The van der Waals surface area contributed by atoms with Crippen molar-refractivity contribution in [2.75, 3.05) is 12.3 Å². The molecule has 1 saturated heterocycles. The summed E-state index contributed by atoms with van der Waals surface area (Å²) in [7, 11) is 0. The van der Waals surface area contributed by atoms with Gasteiger partial charge in [0.15, 0.2) is 0 Å². The van der Waals surface area contributed by atoms with Gasteiger partial charge in [-0.3, -0.25) is 9.78 Å². The lowest BCUT2D eigenvalue weighted by Crippen LogP contribution is -2.38. The fraction of sp³-hybridized carbons (Fsp3) is 0.412. The fourth-order valence-electron chi connectivity index (χ4n) is 2.85. The average molecular weight is 332 g/mol. The third kappa shape index (κ3) is 3.36. The Hall–Kier alpha value is -1.33. The molecule has 1 aliphatic rings. The maximum atomic E-state index is 12.9. The van der Waals surface area contributed by atoms with Crippen LogP contribution in [0.25, 0.3) is 0 Å². The van der Waals surface area contributed by atoms with Gasteiger partial charge in [0, 0.05) is 12.7 Å². The first-order valence-corrected chi connectivity index (χ1v) is 9.54. The first kappa shape index (κ1) is 15.6. The fourth-order valence-corrected chi connectivity index (χ4v) is 4.85. The Morgan fingerprint density at radius 1 is 1.36 bits per heavy atom. The Morgan fingerprint density at radius 2 is 2.27 bits per heavy atom. The van der Waals surface area contributed by atoms with E-state index in [-0.39, 0.29) is 11.9 Å².